The minimum absolute atomic E-state index is 0.00331. The van der Waals surface area contributed by atoms with Crippen LogP contribution in [0.2, 0.25) is 0 Å². The number of rotatable bonds is 10. The van der Waals surface area contributed by atoms with Crippen LogP contribution in [0.15, 0.2) is 0 Å². The van der Waals surface area contributed by atoms with Crippen molar-refractivity contribution in [3.8, 4) is 0 Å². The lowest BCUT2D eigenvalue weighted by Crippen LogP contribution is -2.61. The number of ether oxygens (including phenoxy) is 1. The molecule has 0 aromatic heterocycles. The second kappa shape index (κ2) is 9.59. The maximum absolute atomic E-state index is 13.7. The van der Waals surface area contributed by atoms with Crippen molar-refractivity contribution in [2.45, 2.75) is 101 Å². The number of likely N-dealkylation sites (tertiary alicyclic amines) is 1. The zero-order valence-corrected chi connectivity index (χ0v) is 22.7. The molecular formula is C26H36F3N5O6. The molecule has 0 aromatic carbocycles. The van der Waals surface area contributed by atoms with E-state index in [4.69, 9.17) is 10.5 Å². The van der Waals surface area contributed by atoms with Crippen molar-refractivity contribution in [2.75, 3.05) is 6.54 Å². The third-order valence-corrected chi connectivity index (χ3v) is 9.40. The van der Waals surface area contributed by atoms with Crippen LogP contribution in [0.3, 0.4) is 0 Å². The van der Waals surface area contributed by atoms with Crippen LogP contribution in [0, 0.1) is 23.2 Å². The lowest BCUT2D eigenvalue weighted by molar-refractivity contribution is -0.176. The summed E-state index contributed by atoms with van der Waals surface area (Å²) in [6, 6.07) is -3.94. The molecule has 2 heterocycles. The summed E-state index contributed by atoms with van der Waals surface area (Å²) >= 11 is 0. The van der Waals surface area contributed by atoms with Gasteiger partial charge in [0.25, 0.3) is 0 Å². The van der Waals surface area contributed by atoms with E-state index in [0.29, 0.717) is 19.3 Å². The highest BCUT2D eigenvalue weighted by Gasteiger charge is 2.70. The molecule has 40 heavy (non-hydrogen) atoms. The van der Waals surface area contributed by atoms with Gasteiger partial charge in [0.15, 0.2) is 0 Å². The fourth-order valence-corrected chi connectivity index (χ4v) is 6.62. The normalized spacial score (nSPS) is 31.6. The number of primary amides is 1. The first-order valence-corrected chi connectivity index (χ1v) is 13.8. The highest BCUT2D eigenvalue weighted by Crippen LogP contribution is 2.65. The van der Waals surface area contributed by atoms with Crippen molar-refractivity contribution in [3.05, 3.63) is 0 Å². The predicted octanol–water partition coefficient (Wildman–Crippen LogP) is 0.113. The smallest absolute Gasteiger partial charge is 0.373 e. The summed E-state index contributed by atoms with van der Waals surface area (Å²) in [6.07, 6.45) is -2.86. The molecule has 3 aliphatic carbocycles. The van der Waals surface area contributed by atoms with Gasteiger partial charge < -0.3 is 31.3 Å². The Labute approximate surface area is 229 Å². The van der Waals surface area contributed by atoms with E-state index in [9.17, 15) is 37.1 Å². The monoisotopic (exact) mass is 571 g/mol. The zero-order valence-electron chi connectivity index (χ0n) is 22.7. The number of carbonyl (C=O) groups excluding carboxylic acids is 5. The zero-order chi connectivity index (χ0) is 29.4. The summed E-state index contributed by atoms with van der Waals surface area (Å²) in [4.78, 5) is 65.1. The summed E-state index contributed by atoms with van der Waals surface area (Å²) in [5.41, 5.74) is 5.02. The molecule has 7 atom stereocenters. The molecule has 222 valence electrons. The second-order valence-electron chi connectivity index (χ2n) is 12.7. The quantitative estimate of drug-likeness (QED) is 0.291. The van der Waals surface area contributed by atoms with Gasteiger partial charge in [-0.15, -0.1) is 0 Å². The lowest BCUT2D eigenvalue weighted by atomic mass is 9.94. The first kappa shape index (κ1) is 28.6. The molecule has 14 heteroatoms. The second-order valence-corrected chi connectivity index (χ2v) is 12.7. The summed E-state index contributed by atoms with van der Waals surface area (Å²) < 4.78 is 45.0. The molecule has 0 bridgehead atoms. The van der Waals surface area contributed by atoms with Gasteiger partial charge in [-0.05, 0) is 62.7 Å². The van der Waals surface area contributed by atoms with Crippen LogP contribution in [0.4, 0.5) is 13.2 Å². The molecule has 0 aromatic rings. The molecular weight excluding hydrogens is 535 g/mol. The van der Waals surface area contributed by atoms with E-state index in [1.807, 2.05) is 13.8 Å². The number of fused-ring (bicyclic) bond motifs is 1. The maximum Gasteiger partial charge on any atom is 0.471 e. The van der Waals surface area contributed by atoms with Gasteiger partial charge >= 0.3 is 12.1 Å². The van der Waals surface area contributed by atoms with Gasteiger partial charge in [-0.1, -0.05) is 13.8 Å². The van der Waals surface area contributed by atoms with Crippen LogP contribution in [0.1, 0.15) is 59.3 Å². The minimum Gasteiger partial charge on any atom is -0.373 e. The molecule has 11 nitrogen and oxygen atoms in total. The first-order chi connectivity index (χ1) is 18.5. The van der Waals surface area contributed by atoms with Crippen molar-refractivity contribution >= 4 is 29.5 Å². The van der Waals surface area contributed by atoms with Gasteiger partial charge in [-0.25, -0.2) is 0 Å². The highest BCUT2D eigenvalue weighted by molar-refractivity contribution is 5.96. The number of alkyl halides is 3. The van der Waals surface area contributed by atoms with E-state index in [2.05, 4.69) is 10.6 Å². The van der Waals surface area contributed by atoms with Crippen molar-refractivity contribution in [2.24, 2.45) is 28.9 Å². The topological polar surface area (TPSA) is 160 Å². The van der Waals surface area contributed by atoms with Gasteiger partial charge in [-0.2, -0.15) is 13.2 Å². The van der Waals surface area contributed by atoms with Crippen molar-refractivity contribution in [1.82, 2.24) is 20.9 Å². The van der Waals surface area contributed by atoms with E-state index in [-0.39, 0.29) is 47.8 Å². The Morgan fingerprint density at radius 2 is 1.82 bits per heavy atom. The summed E-state index contributed by atoms with van der Waals surface area (Å²) in [6.45, 7) is 5.36. The van der Waals surface area contributed by atoms with Crippen LogP contribution in [-0.4, -0.2) is 83.0 Å². The Balaban J connectivity index is 1.33. The highest BCUT2D eigenvalue weighted by atomic mass is 19.4. The van der Waals surface area contributed by atoms with E-state index in [1.165, 1.54) is 11.8 Å². The standard InChI is InChI=1S/C26H36F3N5O6/c1-11(40-13-4-5-13)17(32-23(39)26(27,28)29)22(38)34-10-14-16(24(14,2)3)18(34)21(37)31-15(19(30)35)8-12-9-25(6-7-25)33-20(12)36/h11-18H,4-10H2,1-3H3,(H2,30,35)(H,31,37)(H,32,39)(H,33,36)/t11-,12-,14+,15+,16+,17+,18+/m1/s1. The first-order valence-electron chi connectivity index (χ1n) is 13.8. The molecule has 5 rings (SSSR count). The van der Waals surface area contributed by atoms with Crippen molar-refractivity contribution < 1.29 is 41.9 Å². The fraction of sp³-hybridized carbons (Fsp3) is 0.808. The molecule has 0 radical (unpaired) electrons. The number of halogens is 3. The number of nitrogens with two attached hydrogens (primary N) is 1. The number of nitrogens with one attached hydrogen (secondary N) is 3. The molecule has 5 N–H and O–H groups in total. The van der Waals surface area contributed by atoms with Crippen LogP contribution in [-0.2, 0) is 28.7 Å². The number of piperidine rings is 1. The average molecular weight is 572 g/mol. The van der Waals surface area contributed by atoms with Crippen LogP contribution < -0.4 is 21.7 Å². The van der Waals surface area contributed by atoms with Gasteiger partial charge in [0.1, 0.15) is 18.1 Å². The Kier molecular flexibility index (Phi) is 6.86. The van der Waals surface area contributed by atoms with E-state index < -0.39 is 60.0 Å². The minimum atomic E-state index is -5.22. The average Bonchev–Trinajstić information content (AvgIpc) is 3.79. The third kappa shape index (κ3) is 5.38. The van der Waals surface area contributed by atoms with Gasteiger partial charge in [0, 0.05) is 18.0 Å². The molecule has 5 aliphatic rings. The number of carbonyl (C=O) groups is 5. The molecule has 2 aliphatic heterocycles. The SMILES string of the molecule is C[C@@H](OC1CC1)[C@H](NC(=O)C(F)(F)F)C(=O)N1C[C@H]2[C@@H]([C@H]1C(=O)N[C@@H](C[C@@H]1CC3(CC3)NC1=O)C(N)=O)C2(C)C. The van der Waals surface area contributed by atoms with Crippen LogP contribution in [0.25, 0.3) is 0 Å². The van der Waals surface area contributed by atoms with E-state index in [0.717, 1.165) is 12.8 Å². The van der Waals surface area contributed by atoms with Crippen molar-refractivity contribution in [3.63, 3.8) is 0 Å². The van der Waals surface area contributed by atoms with E-state index >= 15 is 0 Å². The lowest BCUT2D eigenvalue weighted by Gasteiger charge is -2.35. The maximum atomic E-state index is 13.7. The summed E-state index contributed by atoms with van der Waals surface area (Å²) in [7, 11) is 0. The van der Waals surface area contributed by atoms with E-state index in [1.54, 1.807) is 5.32 Å². The Morgan fingerprint density at radius 1 is 1.18 bits per heavy atom. The summed E-state index contributed by atoms with van der Waals surface area (Å²) in [5.74, 6) is -5.77. The molecule has 5 fully saturated rings. The van der Waals surface area contributed by atoms with Gasteiger partial charge in [-0.3, -0.25) is 24.0 Å². The van der Waals surface area contributed by atoms with Gasteiger partial charge in [0.05, 0.1) is 12.2 Å². The molecule has 1 spiro atoms. The number of hydrogen-bond acceptors (Lipinski definition) is 6. The largest absolute Gasteiger partial charge is 0.471 e. The Hall–Kier alpha value is -2.90. The Bertz CT molecular complexity index is 1120. The number of hydrogen-bond donors (Lipinski definition) is 4. The van der Waals surface area contributed by atoms with Gasteiger partial charge in [0.2, 0.25) is 23.6 Å². The van der Waals surface area contributed by atoms with Crippen LogP contribution >= 0.6 is 0 Å². The fourth-order valence-electron chi connectivity index (χ4n) is 6.62. The molecule has 5 amide bonds. The number of amides is 5. The third-order valence-electron chi connectivity index (χ3n) is 9.40. The summed E-state index contributed by atoms with van der Waals surface area (Å²) in [5, 5.41) is 7.33. The predicted molar refractivity (Wildman–Crippen MR) is 132 cm³/mol. The molecule has 0 unspecified atom stereocenters. The molecule has 2 saturated heterocycles. The number of nitrogens with zero attached hydrogens (tertiary/aromatic N) is 1. The Morgan fingerprint density at radius 3 is 2.35 bits per heavy atom. The van der Waals surface area contributed by atoms with Crippen molar-refractivity contribution in [1.29, 1.82) is 0 Å². The van der Waals surface area contributed by atoms with Crippen LogP contribution in [0.5, 0.6) is 0 Å². The molecule has 3 saturated carbocycles.